The van der Waals surface area contributed by atoms with Crippen LogP contribution in [-0.4, -0.2) is 22.2 Å². The van der Waals surface area contributed by atoms with E-state index in [4.69, 9.17) is 14.5 Å². The van der Waals surface area contributed by atoms with Crippen molar-refractivity contribution in [2.75, 3.05) is 7.11 Å². The molecule has 0 saturated heterocycles. The SMILES string of the molecule is COc1ccc(Cc2noc(C3C(C#N)C3(C)C)n2)cn1. The van der Waals surface area contributed by atoms with Crippen LogP contribution in [0.2, 0.25) is 0 Å². The molecule has 2 heterocycles. The van der Waals surface area contributed by atoms with E-state index in [1.807, 2.05) is 19.9 Å². The van der Waals surface area contributed by atoms with Crippen LogP contribution in [0.1, 0.15) is 37.0 Å². The van der Waals surface area contributed by atoms with Crippen molar-refractivity contribution in [3.8, 4) is 11.9 Å². The number of pyridine rings is 1. The summed E-state index contributed by atoms with van der Waals surface area (Å²) in [6, 6.07) is 6.01. The van der Waals surface area contributed by atoms with Crippen molar-refractivity contribution in [3.63, 3.8) is 0 Å². The van der Waals surface area contributed by atoms with Crippen LogP contribution in [0.5, 0.6) is 5.88 Å². The molecule has 2 aromatic heterocycles. The van der Waals surface area contributed by atoms with Crippen molar-refractivity contribution in [3.05, 3.63) is 35.6 Å². The Hall–Kier alpha value is -2.42. The first-order valence-electron chi connectivity index (χ1n) is 6.77. The predicted molar refractivity (Wildman–Crippen MR) is 73.5 cm³/mol. The molecule has 6 nitrogen and oxygen atoms in total. The van der Waals surface area contributed by atoms with E-state index in [2.05, 4.69) is 21.2 Å². The lowest BCUT2D eigenvalue weighted by atomic mass is 10.1. The van der Waals surface area contributed by atoms with Crippen LogP contribution in [-0.2, 0) is 6.42 Å². The van der Waals surface area contributed by atoms with E-state index in [9.17, 15) is 0 Å². The van der Waals surface area contributed by atoms with Crippen molar-refractivity contribution in [2.45, 2.75) is 26.2 Å². The fourth-order valence-corrected chi connectivity index (χ4v) is 2.62. The third-order valence-corrected chi connectivity index (χ3v) is 4.09. The lowest BCUT2D eigenvalue weighted by Crippen LogP contribution is -1.94. The number of methoxy groups -OCH3 is 1. The van der Waals surface area contributed by atoms with Gasteiger partial charge in [0.05, 0.1) is 25.0 Å². The minimum absolute atomic E-state index is 0.0396. The number of rotatable bonds is 4. The molecule has 0 N–H and O–H groups in total. The van der Waals surface area contributed by atoms with Crippen LogP contribution >= 0.6 is 0 Å². The molecule has 2 aromatic rings. The van der Waals surface area contributed by atoms with Crippen LogP contribution in [0.25, 0.3) is 0 Å². The Labute approximate surface area is 122 Å². The topological polar surface area (TPSA) is 84.8 Å². The summed E-state index contributed by atoms with van der Waals surface area (Å²) in [6.45, 7) is 4.09. The smallest absolute Gasteiger partial charge is 0.231 e. The maximum Gasteiger partial charge on any atom is 0.231 e. The monoisotopic (exact) mass is 284 g/mol. The van der Waals surface area contributed by atoms with E-state index in [1.165, 1.54) is 0 Å². The average molecular weight is 284 g/mol. The second kappa shape index (κ2) is 4.85. The highest BCUT2D eigenvalue weighted by Gasteiger charge is 2.62. The van der Waals surface area contributed by atoms with E-state index < -0.39 is 0 Å². The molecule has 1 saturated carbocycles. The Morgan fingerprint density at radius 1 is 1.43 bits per heavy atom. The zero-order valence-corrected chi connectivity index (χ0v) is 12.2. The van der Waals surface area contributed by atoms with E-state index in [0.29, 0.717) is 24.0 Å². The number of nitrogens with zero attached hydrogens (tertiary/aromatic N) is 4. The maximum atomic E-state index is 9.10. The lowest BCUT2D eigenvalue weighted by Gasteiger charge is -1.99. The van der Waals surface area contributed by atoms with Crippen LogP contribution < -0.4 is 4.74 Å². The molecule has 3 rings (SSSR count). The maximum absolute atomic E-state index is 9.10. The van der Waals surface area contributed by atoms with Gasteiger partial charge in [0.25, 0.3) is 0 Å². The van der Waals surface area contributed by atoms with Gasteiger partial charge in [-0.05, 0) is 11.0 Å². The lowest BCUT2D eigenvalue weighted by molar-refractivity contribution is 0.363. The standard InChI is InChI=1S/C15H16N4O2/c1-15(2)10(7-16)13(15)14-18-11(19-21-14)6-9-4-5-12(20-3)17-8-9/h4-5,8,10,13H,6H2,1-3H3. The Balaban J connectivity index is 1.72. The molecule has 6 heteroatoms. The van der Waals surface area contributed by atoms with Crippen molar-refractivity contribution in [1.82, 2.24) is 15.1 Å². The Bertz CT molecular complexity index is 684. The van der Waals surface area contributed by atoms with Gasteiger partial charge in [0.2, 0.25) is 11.8 Å². The first-order valence-corrected chi connectivity index (χ1v) is 6.77. The summed E-state index contributed by atoms with van der Waals surface area (Å²) in [5.41, 5.74) is 0.898. The Morgan fingerprint density at radius 3 is 2.81 bits per heavy atom. The minimum Gasteiger partial charge on any atom is -0.481 e. The molecule has 0 amide bonds. The van der Waals surface area contributed by atoms with Gasteiger partial charge in [-0.1, -0.05) is 25.1 Å². The largest absolute Gasteiger partial charge is 0.481 e. The molecule has 21 heavy (non-hydrogen) atoms. The van der Waals surface area contributed by atoms with E-state index >= 15 is 0 Å². The normalized spacial score (nSPS) is 22.6. The fourth-order valence-electron chi connectivity index (χ4n) is 2.62. The molecular weight excluding hydrogens is 268 g/mol. The van der Waals surface area contributed by atoms with Gasteiger partial charge in [0, 0.05) is 18.7 Å². The van der Waals surface area contributed by atoms with E-state index in [1.54, 1.807) is 19.4 Å². The molecule has 0 bridgehead atoms. The number of nitriles is 1. The molecule has 2 unspecified atom stereocenters. The molecular formula is C15H16N4O2. The van der Waals surface area contributed by atoms with Crippen molar-refractivity contribution >= 4 is 0 Å². The third kappa shape index (κ3) is 2.35. The quantitative estimate of drug-likeness (QED) is 0.856. The molecule has 1 fully saturated rings. The van der Waals surface area contributed by atoms with Gasteiger partial charge < -0.3 is 9.26 Å². The van der Waals surface area contributed by atoms with Crippen LogP contribution in [0.4, 0.5) is 0 Å². The molecule has 0 aromatic carbocycles. The van der Waals surface area contributed by atoms with Gasteiger partial charge in [0.15, 0.2) is 5.82 Å². The van der Waals surface area contributed by atoms with Crippen molar-refractivity contribution in [2.24, 2.45) is 11.3 Å². The number of ether oxygens (including phenoxy) is 1. The highest BCUT2D eigenvalue weighted by molar-refractivity contribution is 5.27. The van der Waals surface area contributed by atoms with Gasteiger partial charge in [-0.3, -0.25) is 0 Å². The summed E-state index contributed by atoms with van der Waals surface area (Å²) >= 11 is 0. The van der Waals surface area contributed by atoms with Gasteiger partial charge in [0.1, 0.15) is 0 Å². The van der Waals surface area contributed by atoms with Crippen molar-refractivity contribution < 1.29 is 9.26 Å². The molecule has 0 aliphatic heterocycles. The van der Waals surface area contributed by atoms with Gasteiger partial charge in [-0.15, -0.1) is 0 Å². The number of aromatic nitrogens is 3. The van der Waals surface area contributed by atoms with Crippen LogP contribution in [0.3, 0.4) is 0 Å². The Kier molecular flexibility index (Phi) is 3.13. The van der Waals surface area contributed by atoms with Gasteiger partial charge >= 0.3 is 0 Å². The van der Waals surface area contributed by atoms with Gasteiger partial charge in [-0.25, -0.2) is 4.98 Å². The van der Waals surface area contributed by atoms with Gasteiger partial charge in [-0.2, -0.15) is 10.2 Å². The molecule has 1 aliphatic rings. The first kappa shape index (κ1) is 13.6. The summed E-state index contributed by atoms with van der Waals surface area (Å²) in [7, 11) is 1.58. The fraction of sp³-hybridized carbons (Fsp3) is 0.467. The first-order chi connectivity index (χ1) is 10.1. The molecule has 2 atom stereocenters. The molecule has 0 radical (unpaired) electrons. The second-order valence-electron chi connectivity index (χ2n) is 5.84. The zero-order chi connectivity index (χ0) is 15.0. The highest BCUT2D eigenvalue weighted by Crippen LogP contribution is 2.63. The van der Waals surface area contributed by atoms with Crippen LogP contribution in [0.15, 0.2) is 22.9 Å². The summed E-state index contributed by atoms with van der Waals surface area (Å²) in [5.74, 6) is 1.73. The zero-order valence-electron chi connectivity index (χ0n) is 12.2. The summed E-state index contributed by atoms with van der Waals surface area (Å²) in [4.78, 5) is 8.56. The average Bonchev–Trinajstić information content (AvgIpc) is 2.82. The molecule has 0 spiro atoms. The molecule has 1 aliphatic carbocycles. The van der Waals surface area contributed by atoms with E-state index in [-0.39, 0.29) is 17.3 Å². The van der Waals surface area contributed by atoms with E-state index in [0.717, 1.165) is 5.56 Å². The summed E-state index contributed by atoms with van der Waals surface area (Å²) in [6.07, 6.45) is 2.28. The highest BCUT2D eigenvalue weighted by atomic mass is 16.5. The molecule has 108 valence electrons. The van der Waals surface area contributed by atoms with Crippen molar-refractivity contribution in [1.29, 1.82) is 5.26 Å². The Morgan fingerprint density at radius 2 is 2.24 bits per heavy atom. The van der Waals surface area contributed by atoms with Crippen LogP contribution in [0, 0.1) is 22.7 Å². The summed E-state index contributed by atoms with van der Waals surface area (Å²) in [5, 5.41) is 13.1. The summed E-state index contributed by atoms with van der Waals surface area (Å²) < 4.78 is 10.3. The number of hydrogen-bond acceptors (Lipinski definition) is 6. The number of hydrogen-bond donors (Lipinski definition) is 0. The second-order valence-corrected chi connectivity index (χ2v) is 5.84. The third-order valence-electron chi connectivity index (χ3n) is 4.09. The predicted octanol–water partition coefficient (Wildman–Crippen LogP) is 2.33. The minimum atomic E-state index is -0.0831.